The van der Waals surface area contributed by atoms with Crippen molar-refractivity contribution in [1.29, 1.82) is 5.26 Å². The molecule has 0 bridgehead atoms. The van der Waals surface area contributed by atoms with Gasteiger partial charge in [-0.05, 0) is 24.1 Å². The summed E-state index contributed by atoms with van der Waals surface area (Å²) in [4.78, 5) is 7.94. The quantitative estimate of drug-likeness (QED) is 0.805. The summed E-state index contributed by atoms with van der Waals surface area (Å²) in [6, 6.07) is 11.4. The monoisotopic (exact) mass is 225 g/mol. The van der Waals surface area contributed by atoms with Gasteiger partial charge in [-0.15, -0.1) is 0 Å². The van der Waals surface area contributed by atoms with Crippen molar-refractivity contribution in [3.05, 3.63) is 47.8 Å². The smallest absolute Gasteiger partial charge is 0.323 e. The van der Waals surface area contributed by atoms with E-state index >= 15 is 0 Å². The van der Waals surface area contributed by atoms with Gasteiger partial charge in [-0.2, -0.15) is 10.2 Å². The molecule has 2 aromatic rings. The lowest BCUT2D eigenvalue weighted by atomic mass is 10.1. The standard InChI is InChI=1S/C13H11N3O/c1-2-10-5-3-4-6-12(10)17-13-15-8-7-11(9-14)16-13/h3-8H,2H2,1H3. The Hall–Kier alpha value is -2.41. The number of aryl methyl sites for hydroxylation is 1. The molecule has 0 atom stereocenters. The Morgan fingerprint density at radius 2 is 2.12 bits per heavy atom. The van der Waals surface area contributed by atoms with E-state index < -0.39 is 0 Å². The largest absolute Gasteiger partial charge is 0.424 e. The van der Waals surface area contributed by atoms with Crippen molar-refractivity contribution >= 4 is 0 Å². The fourth-order valence-corrected chi connectivity index (χ4v) is 1.45. The first-order valence-corrected chi connectivity index (χ1v) is 5.32. The molecule has 0 amide bonds. The van der Waals surface area contributed by atoms with Crippen LogP contribution < -0.4 is 4.74 Å². The average molecular weight is 225 g/mol. The molecule has 0 N–H and O–H groups in total. The van der Waals surface area contributed by atoms with Gasteiger partial charge in [0.05, 0.1) is 0 Å². The fourth-order valence-electron chi connectivity index (χ4n) is 1.45. The molecule has 0 radical (unpaired) electrons. The summed E-state index contributed by atoms with van der Waals surface area (Å²) in [5, 5.41) is 8.73. The number of nitriles is 1. The number of rotatable bonds is 3. The molecule has 17 heavy (non-hydrogen) atoms. The van der Waals surface area contributed by atoms with Gasteiger partial charge in [0, 0.05) is 6.20 Å². The van der Waals surface area contributed by atoms with Crippen molar-refractivity contribution in [3.8, 4) is 17.8 Å². The summed E-state index contributed by atoms with van der Waals surface area (Å²) in [6.45, 7) is 2.05. The van der Waals surface area contributed by atoms with E-state index in [1.165, 1.54) is 6.20 Å². The number of para-hydroxylation sites is 1. The van der Waals surface area contributed by atoms with Gasteiger partial charge < -0.3 is 4.74 Å². The van der Waals surface area contributed by atoms with Crippen molar-refractivity contribution in [2.45, 2.75) is 13.3 Å². The van der Waals surface area contributed by atoms with Crippen LogP contribution in [0.15, 0.2) is 36.5 Å². The molecule has 84 valence electrons. The van der Waals surface area contributed by atoms with E-state index in [9.17, 15) is 0 Å². The molecule has 0 aliphatic carbocycles. The van der Waals surface area contributed by atoms with Crippen LogP contribution >= 0.6 is 0 Å². The third-order valence-electron chi connectivity index (χ3n) is 2.30. The van der Waals surface area contributed by atoms with Crippen LogP contribution in [-0.4, -0.2) is 9.97 Å². The van der Waals surface area contributed by atoms with Gasteiger partial charge in [0.1, 0.15) is 17.5 Å². The van der Waals surface area contributed by atoms with E-state index in [1.807, 2.05) is 30.3 Å². The zero-order valence-electron chi connectivity index (χ0n) is 9.42. The second-order valence-corrected chi connectivity index (χ2v) is 3.40. The van der Waals surface area contributed by atoms with E-state index in [4.69, 9.17) is 10.00 Å². The number of benzene rings is 1. The van der Waals surface area contributed by atoms with Gasteiger partial charge in [0.15, 0.2) is 0 Å². The zero-order chi connectivity index (χ0) is 12.1. The second kappa shape index (κ2) is 5.08. The van der Waals surface area contributed by atoms with Crippen LogP contribution in [0.4, 0.5) is 0 Å². The van der Waals surface area contributed by atoms with Gasteiger partial charge in [0.25, 0.3) is 0 Å². The third-order valence-corrected chi connectivity index (χ3v) is 2.30. The first-order chi connectivity index (χ1) is 8.33. The molecule has 0 unspecified atom stereocenters. The molecule has 0 aliphatic heterocycles. The van der Waals surface area contributed by atoms with Crippen molar-refractivity contribution in [3.63, 3.8) is 0 Å². The molecular weight excluding hydrogens is 214 g/mol. The van der Waals surface area contributed by atoms with Crippen LogP contribution in [0.2, 0.25) is 0 Å². The van der Waals surface area contributed by atoms with Gasteiger partial charge in [-0.1, -0.05) is 25.1 Å². The van der Waals surface area contributed by atoms with Crippen LogP contribution in [0.1, 0.15) is 18.2 Å². The second-order valence-electron chi connectivity index (χ2n) is 3.40. The first-order valence-electron chi connectivity index (χ1n) is 5.32. The van der Waals surface area contributed by atoms with E-state index in [1.54, 1.807) is 6.07 Å². The van der Waals surface area contributed by atoms with Gasteiger partial charge >= 0.3 is 6.01 Å². The van der Waals surface area contributed by atoms with Gasteiger partial charge in [-0.25, -0.2) is 4.98 Å². The van der Waals surface area contributed by atoms with Crippen molar-refractivity contribution < 1.29 is 4.74 Å². The Balaban J connectivity index is 2.28. The summed E-state index contributed by atoms with van der Waals surface area (Å²) < 4.78 is 5.57. The first kappa shape index (κ1) is 11.1. The van der Waals surface area contributed by atoms with Crippen LogP contribution in [0.5, 0.6) is 11.8 Å². The lowest BCUT2D eigenvalue weighted by Crippen LogP contribution is -1.95. The number of aromatic nitrogens is 2. The van der Waals surface area contributed by atoms with Crippen LogP contribution in [0.25, 0.3) is 0 Å². The molecule has 0 saturated carbocycles. The van der Waals surface area contributed by atoms with Crippen LogP contribution in [0.3, 0.4) is 0 Å². The molecule has 1 aromatic carbocycles. The molecular formula is C13H11N3O. The normalized spacial score (nSPS) is 9.65. The maximum atomic E-state index is 8.73. The number of hydrogen-bond acceptors (Lipinski definition) is 4. The SMILES string of the molecule is CCc1ccccc1Oc1nccc(C#N)n1. The Bertz CT molecular complexity index is 561. The predicted octanol–water partition coefficient (Wildman–Crippen LogP) is 2.70. The van der Waals surface area contributed by atoms with E-state index in [0.717, 1.165) is 17.7 Å². The van der Waals surface area contributed by atoms with Crippen molar-refractivity contribution in [1.82, 2.24) is 9.97 Å². The molecule has 2 rings (SSSR count). The highest BCUT2D eigenvalue weighted by Gasteiger charge is 2.05. The number of nitrogens with zero attached hydrogens (tertiary/aromatic N) is 3. The van der Waals surface area contributed by atoms with E-state index in [0.29, 0.717) is 5.69 Å². The van der Waals surface area contributed by atoms with E-state index in [-0.39, 0.29) is 6.01 Å². The summed E-state index contributed by atoms with van der Waals surface area (Å²) in [5.41, 5.74) is 1.38. The van der Waals surface area contributed by atoms with Crippen LogP contribution in [-0.2, 0) is 6.42 Å². The van der Waals surface area contributed by atoms with Crippen molar-refractivity contribution in [2.24, 2.45) is 0 Å². The zero-order valence-corrected chi connectivity index (χ0v) is 9.42. The maximum Gasteiger partial charge on any atom is 0.323 e. The predicted molar refractivity (Wildman–Crippen MR) is 62.6 cm³/mol. The summed E-state index contributed by atoms with van der Waals surface area (Å²) >= 11 is 0. The highest BCUT2D eigenvalue weighted by Crippen LogP contribution is 2.22. The topological polar surface area (TPSA) is 58.8 Å². The van der Waals surface area contributed by atoms with E-state index in [2.05, 4.69) is 16.9 Å². The summed E-state index contributed by atoms with van der Waals surface area (Å²) in [7, 11) is 0. The fraction of sp³-hybridized carbons (Fsp3) is 0.154. The lowest BCUT2D eigenvalue weighted by Gasteiger charge is -2.07. The van der Waals surface area contributed by atoms with Crippen LogP contribution in [0, 0.1) is 11.3 Å². The minimum atomic E-state index is 0.199. The summed E-state index contributed by atoms with van der Waals surface area (Å²) in [6.07, 6.45) is 2.38. The Morgan fingerprint density at radius 1 is 1.29 bits per heavy atom. The average Bonchev–Trinajstić information content (AvgIpc) is 2.39. The van der Waals surface area contributed by atoms with Gasteiger partial charge in [-0.3, -0.25) is 0 Å². The summed E-state index contributed by atoms with van der Waals surface area (Å²) in [5.74, 6) is 0.727. The lowest BCUT2D eigenvalue weighted by molar-refractivity contribution is 0.436. The van der Waals surface area contributed by atoms with Crippen molar-refractivity contribution in [2.75, 3.05) is 0 Å². The molecule has 1 aromatic heterocycles. The Morgan fingerprint density at radius 3 is 2.88 bits per heavy atom. The highest BCUT2D eigenvalue weighted by atomic mass is 16.5. The highest BCUT2D eigenvalue weighted by molar-refractivity contribution is 5.35. The molecule has 4 nitrogen and oxygen atoms in total. The molecule has 0 saturated heterocycles. The Kier molecular flexibility index (Phi) is 3.31. The number of hydrogen-bond donors (Lipinski definition) is 0. The minimum absolute atomic E-state index is 0.199. The molecule has 1 heterocycles. The molecule has 0 fully saturated rings. The number of ether oxygens (including phenoxy) is 1. The van der Waals surface area contributed by atoms with Gasteiger partial charge in [0.2, 0.25) is 0 Å². The molecule has 4 heteroatoms. The molecule has 0 aliphatic rings. The Labute approximate surface area is 99.5 Å². The molecule has 0 spiro atoms. The minimum Gasteiger partial charge on any atom is -0.424 e. The maximum absolute atomic E-state index is 8.73. The third kappa shape index (κ3) is 2.58.